The highest BCUT2D eigenvalue weighted by atomic mass is 79.9. The minimum Gasteiger partial charge on any atom is -0.445 e. The molecule has 3 nitrogen and oxygen atoms in total. The Kier molecular flexibility index (Phi) is 4.09. The minimum atomic E-state index is -0.193. The molecule has 0 saturated carbocycles. The standard InChI is InChI=1S/C20H20BrNO2/c21-17-6-7-18-16(12-17)8-9-20(18)10-11-22(14-20)19(23)24-13-15-4-2-1-3-5-15/h1-7,12H,8-11,13-14H2. The summed E-state index contributed by atoms with van der Waals surface area (Å²) < 4.78 is 6.64. The van der Waals surface area contributed by atoms with Gasteiger partial charge in [-0.25, -0.2) is 4.79 Å². The second-order valence-electron chi connectivity index (χ2n) is 6.79. The summed E-state index contributed by atoms with van der Waals surface area (Å²) in [4.78, 5) is 14.3. The van der Waals surface area contributed by atoms with Crippen LogP contribution in [0.4, 0.5) is 4.79 Å². The largest absolute Gasteiger partial charge is 0.445 e. The van der Waals surface area contributed by atoms with Crippen LogP contribution < -0.4 is 0 Å². The Hall–Kier alpha value is -1.81. The van der Waals surface area contributed by atoms with Crippen LogP contribution >= 0.6 is 15.9 Å². The maximum absolute atomic E-state index is 12.4. The highest BCUT2D eigenvalue weighted by molar-refractivity contribution is 9.10. The first-order chi connectivity index (χ1) is 11.7. The van der Waals surface area contributed by atoms with Gasteiger partial charge >= 0.3 is 6.09 Å². The lowest BCUT2D eigenvalue weighted by Crippen LogP contribution is -2.33. The molecule has 1 amide bonds. The van der Waals surface area contributed by atoms with Crippen molar-refractivity contribution in [2.75, 3.05) is 13.1 Å². The number of nitrogens with zero attached hydrogens (tertiary/aromatic N) is 1. The van der Waals surface area contributed by atoms with Crippen molar-refractivity contribution >= 4 is 22.0 Å². The molecule has 1 heterocycles. The fraction of sp³-hybridized carbons (Fsp3) is 0.350. The number of hydrogen-bond donors (Lipinski definition) is 0. The molecule has 4 heteroatoms. The van der Waals surface area contributed by atoms with Crippen LogP contribution in [0.1, 0.15) is 29.5 Å². The van der Waals surface area contributed by atoms with E-state index in [1.165, 1.54) is 11.1 Å². The van der Waals surface area contributed by atoms with Crippen molar-refractivity contribution in [3.63, 3.8) is 0 Å². The summed E-state index contributed by atoms with van der Waals surface area (Å²) in [6, 6.07) is 16.4. The highest BCUT2D eigenvalue weighted by Gasteiger charge is 2.45. The third-order valence-electron chi connectivity index (χ3n) is 5.33. The van der Waals surface area contributed by atoms with Crippen molar-refractivity contribution in [2.24, 2.45) is 0 Å². The van der Waals surface area contributed by atoms with Gasteiger partial charge in [0.05, 0.1) is 0 Å². The Morgan fingerprint density at radius 2 is 2.00 bits per heavy atom. The quantitative estimate of drug-likeness (QED) is 0.751. The molecule has 1 saturated heterocycles. The number of likely N-dealkylation sites (tertiary alicyclic amines) is 1. The lowest BCUT2D eigenvalue weighted by atomic mass is 9.81. The van der Waals surface area contributed by atoms with E-state index in [0.717, 1.165) is 42.4 Å². The summed E-state index contributed by atoms with van der Waals surface area (Å²) in [5.41, 5.74) is 3.99. The summed E-state index contributed by atoms with van der Waals surface area (Å²) in [6.45, 7) is 1.89. The number of rotatable bonds is 2. The van der Waals surface area contributed by atoms with E-state index in [0.29, 0.717) is 6.61 Å². The fourth-order valence-corrected chi connectivity index (χ4v) is 4.47. The van der Waals surface area contributed by atoms with E-state index in [-0.39, 0.29) is 11.5 Å². The average Bonchev–Trinajstić information content (AvgIpc) is 3.19. The van der Waals surface area contributed by atoms with Gasteiger partial charge in [-0.3, -0.25) is 0 Å². The zero-order chi connectivity index (χ0) is 16.6. The summed E-state index contributed by atoms with van der Waals surface area (Å²) in [6.07, 6.45) is 3.06. The maximum Gasteiger partial charge on any atom is 0.410 e. The van der Waals surface area contributed by atoms with E-state index >= 15 is 0 Å². The van der Waals surface area contributed by atoms with Crippen LogP contribution in [0.5, 0.6) is 0 Å². The minimum absolute atomic E-state index is 0.127. The van der Waals surface area contributed by atoms with Crippen molar-refractivity contribution in [2.45, 2.75) is 31.3 Å². The van der Waals surface area contributed by atoms with Crippen LogP contribution in [0.15, 0.2) is 53.0 Å². The molecule has 2 aromatic carbocycles. The Morgan fingerprint density at radius 1 is 1.17 bits per heavy atom. The molecule has 1 unspecified atom stereocenters. The number of aryl methyl sites for hydroxylation is 1. The number of halogens is 1. The lowest BCUT2D eigenvalue weighted by molar-refractivity contribution is 0.102. The molecule has 24 heavy (non-hydrogen) atoms. The SMILES string of the molecule is O=C(OCc1ccccc1)N1CCC2(CCc3cc(Br)ccc32)C1. The predicted molar refractivity (Wildman–Crippen MR) is 97.0 cm³/mol. The van der Waals surface area contributed by atoms with Crippen LogP contribution in [-0.2, 0) is 23.2 Å². The molecule has 1 fully saturated rings. The van der Waals surface area contributed by atoms with Gasteiger partial charge in [-0.05, 0) is 48.1 Å². The van der Waals surface area contributed by atoms with Crippen LogP contribution in [0.2, 0.25) is 0 Å². The van der Waals surface area contributed by atoms with E-state index in [1.807, 2.05) is 35.2 Å². The van der Waals surface area contributed by atoms with Crippen molar-refractivity contribution < 1.29 is 9.53 Å². The van der Waals surface area contributed by atoms with Gasteiger partial charge in [0.2, 0.25) is 0 Å². The Bertz CT molecular complexity index is 761. The molecule has 0 N–H and O–H groups in total. The molecule has 0 aromatic heterocycles. The molecule has 2 aliphatic rings. The zero-order valence-corrected chi connectivity index (χ0v) is 15.1. The van der Waals surface area contributed by atoms with Gasteiger partial charge in [0.1, 0.15) is 6.61 Å². The average molecular weight is 386 g/mol. The number of carbonyl (C=O) groups is 1. The molecule has 4 rings (SSSR count). The number of carbonyl (C=O) groups excluding carboxylic acids is 1. The van der Waals surface area contributed by atoms with Gasteiger partial charge in [-0.2, -0.15) is 0 Å². The van der Waals surface area contributed by atoms with E-state index < -0.39 is 0 Å². The number of ether oxygens (including phenoxy) is 1. The van der Waals surface area contributed by atoms with Gasteiger partial charge in [0.25, 0.3) is 0 Å². The highest BCUT2D eigenvalue weighted by Crippen LogP contribution is 2.46. The number of amides is 1. The molecular weight excluding hydrogens is 366 g/mol. The number of fused-ring (bicyclic) bond motifs is 2. The third kappa shape index (κ3) is 2.84. The van der Waals surface area contributed by atoms with Crippen molar-refractivity contribution in [1.82, 2.24) is 4.90 Å². The molecule has 0 bridgehead atoms. The van der Waals surface area contributed by atoms with Gasteiger partial charge < -0.3 is 9.64 Å². The van der Waals surface area contributed by atoms with Crippen molar-refractivity contribution in [1.29, 1.82) is 0 Å². The zero-order valence-electron chi connectivity index (χ0n) is 13.5. The van der Waals surface area contributed by atoms with Gasteiger partial charge in [0, 0.05) is 23.0 Å². The van der Waals surface area contributed by atoms with Gasteiger partial charge in [-0.15, -0.1) is 0 Å². The number of benzene rings is 2. The van der Waals surface area contributed by atoms with Crippen LogP contribution in [0.3, 0.4) is 0 Å². The van der Waals surface area contributed by atoms with Crippen molar-refractivity contribution in [3.05, 3.63) is 69.7 Å². The second kappa shape index (κ2) is 6.25. The van der Waals surface area contributed by atoms with Gasteiger partial charge in [-0.1, -0.05) is 52.3 Å². The maximum atomic E-state index is 12.4. The summed E-state index contributed by atoms with van der Waals surface area (Å²) >= 11 is 3.56. The molecule has 1 atom stereocenters. The van der Waals surface area contributed by atoms with E-state index in [2.05, 4.69) is 34.1 Å². The first-order valence-corrected chi connectivity index (χ1v) is 9.20. The molecule has 0 radical (unpaired) electrons. The predicted octanol–water partition coefficient (Wildman–Crippen LogP) is 4.68. The van der Waals surface area contributed by atoms with Crippen LogP contribution in [-0.4, -0.2) is 24.1 Å². The smallest absolute Gasteiger partial charge is 0.410 e. The Balaban J connectivity index is 1.43. The lowest BCUT2D eigenvalue weighted by Gasteiger charge is -2.25. The molecule has 1 aliphatic carbocycles. The van der Waals surface area contributed by atoms with E-state index in [4.69, 9.17) is 4.74 Å². The Morgan fingerprint density at radius 3 is 2.83 bits per heavy atom. The molecule has 2 aromatic rings. The molecular formula is C20H20BrNO2. The normalized spacial score (nSPS) is 22.0. The summed E-state index contributed by atoms with van der Waals surface area (Å²) in [7, 11) is 0. The molecule has 1 spiro atoms. The molecule has 1 aliphatic heterocycles. The van der Waals surface area contributed by atoms with Crippen LogP contribution in [0.25, 0.3) is 0 Å². The summed E-state index contributed by atoms with van der Waals surface area (Å²) in [5, 5.41) is 0. The summed E-state index contributed by atoms with van der Waals surface area (Å²) in [5.74, 6) is 0. The van der Waals surface area contributed by atoms with Crippen LogP contribution in [0, 0.1) is 0 Å². The number of hydrogen-bond acceptors (Lipinski definition) is 2. The first kappa shape index (κ1) is 15.7. The van der Waals surface area contributed by atoms with Crippen molar-refractivity contribution in [3.8, 4) is 0 Å². The monoisotopic (exact) mass is 385 g/mol. The fourth-order valence-electron chi connectivity index (χ4n) is 4.06. The second-order valence-corrected chi connectivity index (χ2v) is 7.71. The third-order valence-corrected chi connectivity index (χ3v) is 5.82. The van der Waals surface area contributed by atoms with E-state index in [1.54, 1.807) is 0 Å². The van der Waals surface area contributed by atoms with E-state index in [9.17, 15) is 4.79 Å². The topological polar surface area (TPSA) is 29.5 Å². The Labute approximate surface area is 150 Å². The molecule has 124 valence electrons. The first-order valence-electron chi connectivity index (χ1n) is 8.41. The van der Waals surface area contributed by atoms with Gasteiger partial charge in [0.15, 0.2) is 0 Å².